The van der Waals surface area contributed by atoms with Gasteiger partial charge in [-0.05, 0) is 57.1 Å². The lowest BCUT2D eigenvalue weighted by Gasteiger charge is -2.17. The minimum Gasteiger partial charge on any atom is -1.00 e. The van der Waals surface area contributed by atoms with E-state index >= 15 is 0 Å². The summed E-state index contributed by atoms with van der Waals surface area (Å²) in [7, 11) is 0. The van der Waals surface area contributed by atoms with Crippen molar-refractivity contribution in [2.75, 3.05) is 31.5 Å². The zero-order chi connectivity index (χ0) is 15.2. The fourth-order valence-corrected chi connectivity index (χ4v) is 2.16. The van der Waals surface area contributed by atoms with Gasteiger partial charge in [-0.3, -0.25) is 0 Å². The monoisotopic (exact) mass is 405 g/mol. The van der Waals surface area contributed by atoms with Gasteiger partial charge in [0.2, 0.25) is 0 Å². The molecule has 1 rings (SSSR count). The highest BCUT2D eigenvalue weighted by atomic mass is 127. The number of nitrogens with zero attached hydrogens (tertiary/aromatic N) is 1. The predicted octanol–water partition coefficient (Wildman–Crippen LogP) is 1.95. The summed E-state index contributed by atoms with van der Waals surface area (Å²) >= 11 is 0. The fraction of sp³-hybridized carbons (Fsp3) is 0.667. The molecule has 0 unspecified atom stereocenters. The Hall–Kier alpha value is -0.290. The molecule has 0 bridgehead atoms. The average molecular weight is 405 g/mol. The van der Waals surface area contributed by atoms with Gasteiger partial charge in [0.15, 0.2) is 0 Å². The molecule has 21 heavy (non-hydrogen) atoms. The summed E-state index contributed by atoms with van der Waals surface area (Å²) in [5.74, 6) is 0. The highest BCUT2D eigenvalue weighted by Crippen LogP contribution is 2.09. The molecule has 1 N–H and O–H groups in total. The molecular formula is C18H34IN2-. The van der Waals surface area contributed by atoms with Crippen molar-refractivity contribution in [2.45, 2.75) is 53.9 Å². The van der Waals surface area contributed by atoms with Crippen LogP contribution in [0.2, 0.25) is 0 Å². The molecule has 2 nitrogen and oxygen atoms in total. The first-order chi connectivity index (χ1) is 9.76. The first-order valence-corrected chi connectivity index (χ1v) is 8.29. The van der Waals surface area contributed by atoms with Gasteiger partial charge >= 0.3 is 0 Å². The van der Waals surface area contributed by atoms with E-state index in [1.165, 1.54) is 50.1 Å². The van der Waals surface area contributed by atoms with Crippen LogP contribution in [0, 0.1) is 6.92 Å². The van der Waals surface area contributed by atoms with E-state index < -0.39 is 0 Å². The standard InChI is InChI=1S/C16H28N2.C2H6.HI/c1-4-18(5-2)13-8-6-7-12-17-16-11-9-10-15(3)14-16;1-2;/h9-11,14,17H,4-8,12-13H2,1-3H3;1-2H3;1H/p-1. The van der Waals surface area contributed by atoms with Crippen LogP contribution in [0.15, 0.2) is 24.3 Å². The second kappa shape index (κ2) is 16.1. The Morgan fingerprint density at radius 3 is 2.24 bits per heavy atom. The summed E-state index contributed by atoms with van der Waals surface area (Å²) in [5.41, 5.74) is 2.57. The summed E-state index contributed by atoms with van der Waals surface area (Å²) in [6.07, 6.45) is 3.89. The van der Waals surface area contributed by atoms with Gasteiger partial charge < -0.3 is 34.2 Å². The predicted molar refractivity (Wildman–Crippen MR) is 92.7 cm³/mol. The third kappa shape index (κ3) is 12.0. The second-order valence-electron chi connectivity index (χ2n) is 4.88. The first-order valence-electron chi connectivity index (χ1n) is 8.29. The molecule has 1 aromatic rings. The average Bonchev–Trinajstić information content (AvgIpc) is 2.49. The topological polar surface area (TPSA) is 15.3 Å². The molecule has 0 aromatic heterocycles. The molecule has 124 valence electrons. The van der Waals surface area contributed by atoms with Crippen molar-refractivity contribution in [3.05, 3.63) is 29.8 Å². The SMILES string of the molecule is CC.CCN(CC)CCCCCNc1cccc(C)c1.[I-]. The van der Waals surface area contributed by atoms with Crippen LogP contribution in [0.25, 0.3) is 0 Å². The van der Waals surface area contributed by atoms with Gasteiger partial charge in [0.1, 0.15) is 0 Å². The molecule has 0 amide bonds. The quantitative estimate of drug-likeness (QED) is 0.499. The van der Waals surface area contributed by atoms with Crippen LogP contribution in [0.5, 0.6) is 0 Å². The highest BCUT2D eigenvalue weighted by Gasteiger charge is 1.98. The third-order valence-corrected chi connectivity index (χ3v) is 3.39. The number of hydrogen-bond acceptors (Lipinski definition) is 2. The minimum atomic E-state index is 0. The van der Waals surface area contributed by atoms with Crippen molar-refractivity contribution < 1.29 is 24.0 Å². The smallest absolute Gasteiger partial charge is 0.0342 e. The van der Waals surface area contributed by atoms with E-state index in [0.29, 0.717) is 0 Å². The Balaban J connectivity index is 0. The van der Waals surface area contributed by atoms with Crippen LogP contribution in [-0.4, -0.2) is 31.1 Å². The van der Waals surface area contributed by atoms with Gasteiger partial charge in [-0.25, -0.2) is 0 Å². The Morgan fingerprint density at radius 1 is 1.00 bits per heavy atom. The Kier molecular flexibility index (Phi) is 17.6. The number of aryl methyl sites for hydroxylation is 1. The second-order valence-corrected chi connectivity index (χ2v) is 4.88. The molecule has 0 aliphatic rings. The van der Waals surface area contributed by atoms with E-state index in [0.717, 1.165) is 6.54 Å². The maximum absolute atomic E-state index is 3.49. The Labute approximate surface area is 149 Å². The molecule has 0 fully saturated rings. The van der Waals surface area contributed by atoms with E-state index in [9.17, 15) is 0 Å². The van der Waals surface area contributed by atoms with E-state index in [-0.39, 0.29) is 24.0 Å². The third-order valence-electron chi connectivity index (χ3n) is 3.39. The van der Waals surface area contributed by atoms with Crippen molar-refractivity contribution in [3.8, 4) is 0 Å². The maximum Gasteiger partial charge on any atom is 0.0342 e. The Bertz CT molecular complexity index is 325. The zero-order valence-electron chi connectivity index (χ0n) is 14.6. The molecule has 0 spiro atoms. The lowest BCUT2D eigenvalue weighted by molar-refractivity contribution is -0.00000455. The number of anilines is 1. The molecule has 0 heterocycles. The number of hydrogen-bond donors (Lipinski definition) is 1. The van der Waals surface area contributed by atoms with Crippen LogP contribution in [0.4, 0.5) is 5.69 Å². The van der Waals surface area contributed by atoms with Crippen molar-refractivity contribution in [2.24, 2.45) is 0 Å². The van der Waals surface area contributed by atoms with E-state index in [4.69, 9.17) is 0 Å². The molecule has 0 aliphatic carbocycles. The van der Waals surface area contributed by atoms with Gasteiger partial charge in [0, 0.05) is 12.2 Å². The van der Waals surface area contributed by atoms with E-state index in [1.807, 2.05) is 13.8 Å². The molecule has 1 aromatic carbocycles. The van der Waals surface area contributed by atoms with Gasteiger partial charge in [-0.1, -0.05) is 46.2 Å². The molecular weight excluding hydrogens is 371 g/mol. The van der Waals surface area contributed by atoms with Crippen molar-refractivity contribution in [1.82, 2.24) is 4.90 Å². The largest absolute Gasteiger partial charge is 1.00 e. The summed E-state index contributed by atoms with van der Waals surface area (Å²) in [5, 5.41) is 3.49. The molecule has 0 saturated heterocycles. The molecule has 0 saturated carbocycles. The lowest BCUT2D eigenvalue weighted by Crippen LogP contribution is -3.00. The number of benzene rings is 1. The summed E-state index contributed by atoms with van der Waals surface area (Å²) in [6, 6.07) is 8.59. The van der Waals surface area contributed by atoms with Crippen molar-refractivity contribution in [3.63, 3.8) is 0 Å². The zero-order valence-corrected chi connectivity index (χ0v) is 16.7. The highest BCUT2D eigenvalue weighted by molar-refractivity contribution is 5.45. The summed E-state index contributed by atoms with van der Waals surface area (Å²) in [6.45, 7) is 15.3. The summed E-state index contributed by atoms with van der Waals surface area (Å²) in [4.78, 5) is 2.49. The van der Waals surface area contributed by atoms with Gasteiger partial charge in [-0.15, -0.1) is 0 Å². The van der Waals surface area contributed by atoms with Crippen LogP contribution < -0.4 is 29.3 Å². The van der Waals surface area contributed by atoms with Crippen molar-refractivity contribution >= 4 is 5.69 Å². The fourth-order valence-electron chi connectivity index (χ4n) is 2.16. The number of nitrogens with one attached hydrogen (secondary N) is 1. The number of halogens is 1. The number of unbranched alkanes of at least 4 members (excludes halogenated alkanes) is 2. The summed E-state index contributed by atoms with van der Waals surface area (Å²) < 4.78 is 0. The molecule has 3 heteroatoms. The van der Waals surface area contributed by atoms with Crippen LogP contribution in [0.1, 0.15) is 52.5 Å². The number of rotatable bonds is 9. The minimum absolute atomic E-state index is 0. The molecule has 0 atom stereocenters. The van der Waals surface area contributed by atoms with Gasteiger partial charge in [0.25, 0.3) is 0 Å². The van der Waals surface area contributed by atoms with E-state index in [2.05, 4.69) is 55.3 Å². The van der Waals surface area contributed by atoms with E-state index in [1.54, 1.807) is 0 Å². The van der Waals surface area contributed by atoms with Crippen LogP contribution in [-0.2, 0) is 0 Å². The maximum atomic E-state index is 3.49. The molecule has 0 aliphatic heterocycles. The van der Waals surface area contributed by atoms with Crippen molar-refractivity contribution in [1.29, 1.82) is 0 Å². The molecule has 0 radical (unpaired) electrons. The normalized spacial score (nSPS) is 9.62. The van der Waals surface area contributed by atoms with Crippen LogP contribution in [0.3, 0.4) is 0 Å². The van der Waals surface area contributed by atoms with Gasteiger partial charge in [-0.2, -0.15) is 0 Å². The van der Waals surface area contributed by atoms with Gasteiger partial charge in [0.05, 0.1) is 0 Å². The Morgan fingerprint density at radius 2 is 1.67 bits per heavy atom. The van der Waals surface area contributed by atoms with Crippen LogP contribution >= 0.6 is 0 Å². The lowest BCUT2D eigenvalue weighted by atomic mass is 10.2. The first kappa shape index (κ1) is 23.0.